The Hall–Kier alpha value is -4.03. The number of benzene rings is 2. The number of nitrogens with one attached hydrogen (secondary N) is 2. The minimum Gasteiger partial charge on any atom is -0.467 e. The number of amides is 1. The highest BCUT2D eigenvalue weighted by atomic mass is 32.2. The summed E-state index contributed by atoms with van der Waals surface area (Å²) in [6.07, 6.45) is 2.40. The van der Waals surface area contributed by atoms with Gasteiger partial charge in [0.25, 0.3) is 11.6 Å². The first-order valence-corrected chi connectivity index (χ1v) is 11.2. The van der Waals surface area contributed by atoms with Gasteiger partial charge in [-0.05, 0) is 41.8 Å². The van der Waals surface area contributed by atoms with Crippen LogP contribution in [0.5, 0.6) is 0 Å². The number of nitro benzene ring substituents is 1. The summed E-state index contributed by atoms with van der Waals surface area (Å²) in [7, 11) is 0. The third-order valence-electron chi connectivity index (χ3n) is 4.69. The Kier molecular flexibility index (Phi) is 8.27. The Balaban J connectivity index is 1.84. The van der Waals surface area contributed by atoms with E-state index in [4.69, 9.17) is 4.42 Å². The predicted octanol–water partition coefficient (Wildman–Crippen LogP) is 5.15. The van der Waals surface area contributed by atoms with Gasteiger partial charge in [-0.1, -0.05) is 31.2 Å². The summed E-state index contributed by atoms with van der Waals surface area (Å²) < 4.78 is 5.22. The van der Waals surface area contributed by atoms with Crippen molar-refractivity contribution in [3.8, 4) is 6.07 Å². The quantitative estimate of drug-likeness (QED) is 0.185. The molecule has 1 amide bonds. The minimum absolute atomic E-state index is 0.0153. The van der Waals surface area contributed by atoms with E-state index < -0.39 is 10.8 Å². The van der Waals surface area contributed by atoms with Crippen LogP contribution >= 0.6 is 11.8 Å². The fraction of sp³-hybridized carbons (Fsp3) is 0.167. The van der Waals surface area contributed by atoms with Crippen molar-refractivity contribution >= 4 is 29.0 Å². The van der Waals surface area contributed by atoms with E-state index in [2.05, 4.69) is 17.6 Å². The van der Waals surface area contributed by atoms with Crippen LogP contribution in [-0.2, 0) is 23.5 Å². The number of hydrogen-bond acceptors (Lipinski definition) is 7. The first kappa shape index (κ1) is 23.6. The van der Waals surface area contributed by atoms with Crippen LogP contribution in [0, 0.1) is 21.4 Å². The number of thioether (sulfide) groups is 1. The SMILES string of the molecule is CCc1ccc(N/C(SCc2cccc([N+](=O)[O-])c2)=C(/C#N)C(=O)NCc2ccco2)cc1. The van der Waals surface area contributed by atoms with Crippen LogP contribution < -0.4 is 10.6 Å². The molecule has 0 fully saturated rings. The molecule has 3 rings (SSSR count). The van der Waals surface area contributed by atoms with Gasteiger partial charge in [0.2, 0.25) is 0 Å². The molecule has 0 saturated heterocycles. The van der Waals surface area contributed by atoms with Crippen LogP contribution in [0.2, 0.25) is 0 Å². The molecule has 0 atom stereocenters. The maximum absolute atomic E-state index is 12.8. The van der Waals surface area contributed by atoms with Crippen molar-refractivity contribution in [3.63, 3.8) is 0 Å². The van der Waals surface area contributed by atoms with Gasteiger partial charge >= 0.3 is 0 Å². The second kappa shape index (κ2) is 11.5. The molecule has 1 heterocycles. The number of anilines is 1. The Morgan fingerprint density at radius 2 is 1.94 bits per heavy atom. The molecule has 33 heavy (non-hydrogen) atoms. The average Bonchev–Trinajstić information content (AvgIpc) is 3.36. The highest BCUT2D eigenvalue weighted by molar-refractivity contribution is 8.02. The van der Waals surface area contributed by atoms with Gasteiger partial charge in [-0.25, -0.2) is 0 Å². The molecule has 8 nitrogen and oxygen atoms in total. The molecule has 0 spiro atoms. The number of rotatable bonds is 10. The number of aryl methyl sites for hydroxylation is 1. The summed E-state index contributed by atoms with van der Waals surface area (Å²) in [6, 6.07) is 19.4. The first-order valence-electron chi connectivity index (χ1n) is 10.2. The number of carbonyl (C=O) groups excluding carboxylic acids is 1. The van der Waals surface area contributed by atoms with Gasteiger partial charge in [0, 0.05) is 23.6 Å². The number of nitro groups is 1. The molecule has 0 saturated carbocycles. The standard InChI is InChI=1S/C24H22N4O4S/c1-2-17-8-10-19(11-9-17)27-24(33-16-18-5-3-6-20(13-18)28(30)31)22(14-25)23(29)26-15-21-7-4-12-32-21/h3-13,27H,2,15-16H2,1H3,(H,26,29)/b24-22+. The topological polar surface area (TPSA) is 121 Å². The van der Waals surface area contributed by atoms with Crippen molar-refractivity contribution < 1.29 is 14.1 Å². The van der Waals surface area contributed by atoms with Crippen LogP contribution in [-0.4, -0.2) is 10.8 Å². The molecule has 0 aliphatic heterocycles. The lowest BCUT2D eigenvalue weighted by Crippen LogP contribution is -2.25. The number of furan rings is 1. The van der Waals surface area contributed by atoms with Crippen molar-refractivity contribution in [2.45, 2.75) is 25.6 Å². The fourth-order valence-corrected chi connectivity index (χ4v) is 3.88. The summed E-state index contributed by atoms with van der Waals surface area (Å²) in [5.41, 5.74) is 2.48. The monoisotopic (exact) mass is 462 g/mol. The summed E-state index contributed by atoms with van der Waals surface area (Å²) in [5, 5.41) is 27.0. The normalized spacial score (nSPS) is 11.3. The predicted molar refractivity (Wildman–Crippen MR) is 127 cm³/mol. The number of nitrogens with zero attached hydrogens (tertiary/aromatic N) is 2. The number of non-ortho nitro benzene ring substituents is 1. The molecule has 0 aliphatic carbocycles. The van der Waals surface area contributed by atoms with E-state index in [1.165, 1.54) is 30.2 Å². The van der Waals surface area contributed by atoms with Crippen molar-refractivity contribution in [1.29, 1.82) is 5.26 Å². The Bertz CT molecular complexity index is 1180. The third-order valence-corrected chi connectivity index (χ3v) is 5.77. The summed E-state index contributed by atoms with van der Waals surface area (Å²) in [5.74, 6) is 0.343. The lowest BCUT2D eigenvalue weighted by atomic mass is 10.1. The van der Waals surface area contributed by atoms with E-state index in [1.807, 2.05) is 30.3 Å². The van der Waals surface area contributed by atoms with Crippen molar-refractivity contribution in [2.75, 3.05) is 5.32 Å². The van der Waals surface area contributed by atoms with Gasteiger partial charge in [0.1, 0.15) is 17.4 Å². The Morgan fingerprint density at radius 3 is 2.58 bits per heavy atom. The van der Waals surface area contributed by atoms with E-state index in [1.54, 1.807) is 24.3 Å². The van der Waals surface area contributed by atoms with Crippen molar-refractivity contribution in [2.24, 2.45) is 0 Å². The van der Waals surface area contributed by atoms with Gasteiger partial charge in [-0.3, -0.25) is 14.9 Å². The van der Waals surface area contributed by atoms with Crippen LogP contribution in [0.4, 0.5) is 11.4 Å². The zero-order valence-corrected chi connectivity index (χ0v) is 18.7. The molecule has 0 radical (unpaired) electrons. The summed E-state index contributed by atoms with van der Waals surface area (Å²) in [6.45, 7) is 2.20. The number of carbonyl (C=O) groups is 1. The van der Waals surface area contributed by atoms with Crippen LogP contribution in [0.1, 0.15) is 23.8 Å². The molecule has 1 aromatic heterocycles. The number of nitriles is 1. The van der Waals surface area contributed by atoms with E-state index in [0.29, 0.717) is 22.1 Å². The van der Waals surface area contributed by atoms with E-state index in [0.717, 1.165) is 17.7 Å². The van der Waals surface area contributed by atoms with Gasteiger partial charge in [0.05, 0.1) is 22.8 Å². The van der Waals surface area contributed by atoms with Crippen LogP contribution in [0.25, 0.3) is 0 Å². The van der Waals surface area contributed by atoms with E-state index >= 15 is 0 Å². The molecule has 0 aliphatic rings. The smallest absolute Gasteiger partial charge is 0.269 e. The maximum atomic E-state index is 12.8. The van der Waals surface area contributed by atoms with Crippen LogP contribution in [0.3, 0.4) is 0 Å². The van der Waals surface area contributed by atoms with Crippen LogP contribution in [0.15, 0.2) is 81.9 Å². The van der Waals surface area contributed by atoms with Crippen molar-refractivity contribution in [3.05, 3.63) is 105 Å². The zero-order valence-electron chi connectivity index (χ0n) is 17.9. The molecular formula is C24H22N4O4S. The zero-order chi connectivity index (χ0) is 23.6. The molecular weight excluding hydrogens is 440 g/mol. The first-order chi connectivity index (χ1) is 16.0. The molecule has 168 valence electrons. The summed E-state index contributed by atoms with van der Waals surface area (Å²) >= 11 is 1.22. The minimum atomic E-state index is -0.548. The second-order valence-corrected chi connectivity index (χ2v) is 7.95. The lowest BCUT2D eigenvalue weighted by molar-refractivity contribution is -0.384. The van der Waals surface area contributed by atoms with E-state index in [9.17, 15) is 20.2 Å². The van der Waals surface area contributed by atoms with Crippen molar-refractivity contribution in [1.82, 2.24) is 5.32 Å². The maximum Gasteiger partial charge on any atom is 0.269 e. The fourth-order valence-electron chi connectivity index (χ4n) is 2.91. The average molecular weight is 463 g/mol. The van der Waals surface area contributed by atoms with Gasteiger partial charge in [-0.15, -0.1) is 11.8 Å². The van der Waals surface area contributed by atoms with Gasteiger partial charge in [0.15, 0.2) is 0 Å². The molecule has 2 aromatic carbocycles. The molecule has 0 unspecified atom stereocenters. The second-order valence-electron chi connectivity index (χ2n) is 6.97. The molecule has 9 heteroatoms. The highest BCUT2D eigenvalue weighted by Crippen LogP contribution is 2.28. The Labute approximate surface area is 195 Å². The largest absolute Gasteiger partial charge is 0.467 e. The van der Waals surface area contributed by atoms with Gasteiger partial charge in [-0.2, -0.15) is 5.26 Å². The Morgan fingerprint density at radius 1 is 1.15 bits per heavy atom. The molecule has 0 bridgehead atoms. The third kappa shape index (κ3) is 6.72. The van der Waals surface area contributed by atoms with Gasteiger partial charge < -0.3 is 15.1 Å². The molecule has 3 aromatic rings. The van der Waals surface area contributed by atoms with E-state index in [-0.39, 0.29) is 17.8 Å². The molecule has 2 N–H and O–H groups in total. The summed E-state index contributed by atoms with van der Waals surface area (Å²) in [4.78, 5) is 23.4. The number of hydrogen-bond donors (Lipinski definition) is 2. The highest BCUT2D eigenvalue weighted by Gasteiger charge is 2.18. The lowest BCUT2D eigenvalue weighted by Gasteiger charge is -2.14.